The van der Waals surface area contributed by atoms with Gasteiger partial charge in [-0.15, -0.1) is 11.3 Å². The van der Waals surface area contributed by atoms with Crippen molar-refractivity contribution in [2.75, 3.05) is 7.11 Å². The Morgan fingerprint density at radius 2 is 2.33 bits per heavy atom. The van der Waals surface area contributed by atoms with E-state index in [1.54, 1.807) is 6.20 Å². The Labute approximate surface area is 102 Å². The number of hydrogen-bond donors (Lipinski definition) is 0. The third kappa shape index (κ3) is 3.57. The first-order valence-corrected chi connectivity index (χ1v) is 6.46. The first kappa shape index (κ1) is 12.6. The number of esters is 1. The van der Waals surface area contributed by atoms with Crippen molar-refractivity contribution >= 4 is 33.2 Å². The van der Waals surface area contributed by atoms with Gasteiger partial charge in [0.15, 0.2) is 0 Å². The summed E-state index contributed by atoms with van der Waals surface area (Å²) in [6.45, 7) is 4.31. The van der Waals surface area contributed by atoms with Crippen molar-refractivity contribution in [3.8, 4) is 0 Å². The molecule has 0 bridgehead atoms. The molecule has 0 aromatic carbocycles. The van der Waals surface area contributed by atoms with Gasteiger partial charge in [0.1, 0.15) is 9.88 Å². The molecule has 0 N–H and O–H groups in total. The Morgan fingerprint density at radius 1 is 1.67 bits per heavy atom. The highest BCUT2D eigenvalue weighted by Gasteiger charge is 2.16. The molecule has 1 aromatic rings. The Kier molecular flexibility index (Phi) is 4.73. The van der Waals surface area contributed by atoms with E-state index in [1.807, 2.05) is 0 Å². The van der Waals surface area contributed by atoms with Crippen LogP contribution in [0.4, 0.5) is 0 Å². The second-order valence-corrected chi connectivity index (χ2v) is 5.82. The molecule has 3 nitrogen and oxygen atoms in total. The fourth-order valence-electron chi connectivity index (χ4n) is 1.14. The van der Waals surface area contributed by atoms with Crippen LogP contribution in [0.1, 0.15) is 39.8 Å². The van der Waals surface area contributed by atoms with Gasteiger partial charge < -0.3 is 4.74 Å². The molecule has 1 atom stereocenters. The molecule has 0 radical (unpaired) electrons. The summed E-state index contributed by atoms with van der Waals surface area (Å²) in [5.74, 6) is 0.280. The first-order chi connectivity index (χ1) is 7.04. The van der Waals surface area contributed by atoms with Gasteiger partial charge in [0.25, 0.3) is 0 Å². The topological polar surface area (TPSA) is 39.2 Å². The number of aromatic nitrogens is 1. The summed E-state index contributed by atoms with van der Waals surface area (Å²) in [5.41, 5.74) is 0. The molecular weight excluding hydrogens is 278 g/mol. The number of methoxy groups -OCH3 is 1. The lowest BCUT2D eigenvalue weighted by atomic mass is 10.1. The van der Waals surface area contributed by atoms with Gasteiger partial charge in [-0.05, 0) is 12.3 Å². The maximum absolute atomic E-state index is 11.2. The molecule has 0 aliphatic rings. The maximum atomic E-state index is 11.2. The average Bonchev–Trinajstić information content (AvgIpc) is 2.64. The smallest absolute Gasteiger partial charge is 0.349 e. The van der Waals surface area contributed by atoms with Crippen LogP contribution < -0.4 is 0 Å². The van der Waals surface area contributed by atoms with Crippen molar-refractivity contribution in [2.45, 2.75) is 25.1 Å². The molecule has 0 saturated carbocycles. The number of alkyl halides is 1. The molecule has 0 spiro atoms. The number of hydrogen-bond acceptors (Lipinski definition) is 4. The lowest BCUT2D eigenvalue weighted by Crippen LogP contribution is -1.97. The SMILES string of the molecule is COC(=O)c1cnc(C(Br)CC(C)C)s1. The normalized spacial score (nSPS) is 12.9. The van der Waals surface area contributed by atoms with E-state index in [0.717, 1.165) is 11.4 Å². The van der Waals surface area contributed by atoms with Crippen molar-refractivity contribution in [1.82, 2.24) is 4.98 Å². The second kappa shape index (κ2) is 5.61. The molecule has 5 heteroatoms. The minimum absolute atomic E-state index is 0.223. The van der Waals surface area contributed by atoms with Crippen LogP contribution >= 0.6 is 27.3 Å². The van der Waals surface area contributed by atoms with E-state index in [-0.39, 0.29) is 10.8 Å². The summed E-state index contributed by atoms with van der Waals surface area (Å²) in [6, 6.07) is 0. The highest BCUT2D eigenvalue weighted by Crippen LogP contribution is 2.32. The highest BCUT2D eigenvalue weighted by atomic mass is 79.9. The molecule has 1 unspecified atom stereocenters. The quantitative estimate of drug-likeness (QED) is 0.630. The van der Waals surface area contributed by atoms with Crippen LogP contribution in [-0.4, -0.2) is 18.1 Å². The van der Waals surface area contributed by atoms with Crippen LogP contribution in [0.15, 0.2) is 6.20 Å². The lowest BCUT2D eigenvalue weighted by Gasteiger charge is -2.08. The van der Waals surface area contributed by atoms with E-state index in [4.69, 9.17) is 0 Å². The van der Waals surface area contributed by atoms with Gasteiger partial charge in [0, 0.05) is 0 Å². The van der Waals surface area contributed by atoms with Crippen molar-refractivity contribution in [3.05, 3.63) is 16.1 Å². The van der Waals surface area contributed by atoms with Crippen molar-refractivity contribution in [1.29, 1.82) is 0 Å². The van der Waals surface area contributed by atoms with Gasteiger partial charge in [0.2, 0.25) is 0 Å². The zero-order valence-corrected chi connectivity index (χ0v) is 11.4. The van der Waals surface area contributed by atoms with Crippen molar-refractivity contribution < 1.29 is 9.53 Å². The summed E-state index contributed by atoms with van der Waals surface area (Å²) in [5, 5.41) is 0.934. The first-order valence-electron chi connectivity index (χ1n) is 4.72. The van der Waals surface area contributed by atoms with E-state index >= 15 is 0 Å². The van der Waals surface area contributed by atoms with E-state index in [2.05, 4.69) is 39.5 Å². The molecule has 15 heavy (non-hydrogen) atoms. The molecular formula is C10H14BrNO2S. The van der Waals surface area contributed by atoms with Crippen LogP contribution in [0.2, 0.25) is 0 Å². The van der Waals surface area contributed by atoms with E-state index in [1.165, 1.54) is 18.4 Å². The van der Waals surface area contributed by atoms with Crippen LogP contribution in [0, 0.1) is 5.92 Å². The standard InChI is InChI=1S/C10H14BrNO2S/c1-6(2)4-7(11)9-12-5-8(15-9)10(13)14-3/h5-7H,4H2,1-3H3. The number of rotatable bonds is 4. The summed E-state index contributed by atoms with van der Waals surface area (Å²) in [4.78, 5) is 16.2. The minimum atomic E-state index is -0.317. The number of carbonyl (C=O) groups excluding carboxylic acids is 1. The fourth-order valence-corrected chi connectivity index (χ4v) is 3.12. The summed E-state index contributed by atoms with van der Waals surface area (Å²) in [7, 11) is 1.38. The molecule has 0 amide bonds. The average molecular weight is 292 g/mol. The summed E-state index contributed by atoms with van der Waals surface area (Å²) < 4.78 is 4.63. The predicted octanol–water partition coefficient (Wildman–Crippen LogP) is 3.41. The summed E-state index contributed by atoms with van der Waals surface area (Å²) in [6.07, 6.45) is 2.58. The lowest BCUT2D eigenvalue weighted by molar-refractivity contribution is 0.0606. The molecule has 84 valence electrons. The molecule has 1 rings (SSSR count). The highest BCUT2D eigenvalue weighted by molar-refractivity contribution is 9.09. The van der Waals surface area contributed by atoms with Crippen LogP contribution in [-0.2, 0) is 4.74 Å². The minimum Gasteiger partial charge on any atom is -0.465 e. The third-order valence-corrected chi connectivity index (χ3v) is 4.06. The van der Waals surface area contributed by atoms with Crippen LogP contribution in [0.3, 0.4) is 0 Å². The number of nitrogens with zero attached hydrogens (tertiary/aromatic N) is 1. The van der Waals surface area contributed by atoms with E-state index in [9.17, 15) is 4.79 Å². The summed E-state index contributed by atoms with van der Waals surface area (Å²) >= 11 is 4.95. The van der Waals surface area contributed by atoms with Crippen LogP contribution in [0.5, 0.6) is 0 Å². The van der Waals surface area contributed by atoms with Gasteiger partial charge in [-0.1, -0.05) is 29.8 Å². The Hall–Kier alpha value is -0.420. The number of carbonyl (C=O) groups is 1. The molecule has 0 aliphatic heterocycles. The second-order valence-electron chi connectivity index (χ2n) is 3.65. The predicted molar refractivity (Wildman–Crippen MR) is 64.6 cm³/mol. The third-order valence-electron chi connectivity index (χ3n) is 1.86. The van der Waals surface area contributed by atoms with Gasteiger partial charge in [-0.3, -0.25) is 0 Å². The zero-order chi connectivity index (χ0) is 11.4. The maximum Gasteiger partial charge on any atom is 0.349 e. The van der Waals surface area contributed by atoms with E-state index < -0.39 is 0 Å². The molecule has 1 aromatic heterocycles. The van der Waals surface area contributed by atoms with Crippen LogP contribution in [0.25, 0.3) is 0 Å². The Bertz CT molecular complexity index is 338. The number of halogens is 1. The number of thiazole rings is 1. The zero-order valence-electron chi connectivity index (χ0n) is 8.99. The molecule has 0 aliphatic carbocycles. The Morgan fingerprint density at radius 3 is 2.87 bits per heavy atom. The van der Waals surface area contributed by atoms with Gasteiger partial charge in [-0.2, -0.15) is 0 Å². The fraction of sp³-hybridized carbons (Fsp3) is 0.600. The largest absolute Gasteiger partial charge is 0.465 e. The molecule has 1 heterocycles. The number of ether oxygens (including phenoxy) is 1. The monoisotopic (exact) mass is 291 g/mol. The molecule has 0 fully saturated rings. The van der Waals surface area contributed by atoms with Gasteiger partial charge >= 0.3 is 5.97 Å². The molecule has 0 saturated heterocycles. The van der Waals surface area contributed by atoms with Crippen molar-refractivity contribution in [2.24, 2.45) is 5.92 Å². The Balaban J connectivity index is 2.71. The van der Waals surface area contributed by atoms with Gasteiger partial charge in [0.05, 0.1) is 18.1 Å². The van der Waals surface area contributed by atoms with E-state index in [0.29, 0.717) is 10.8 Å². The van der Waals surface area contributed by atoms with Gasteiger partial charge in [-0.25, -0.2) is 9.78 Å². The van der Waals surface area contributed by atoms with Crippen molar-refractivity contribution in [3.63, 3.8) is 0 Å².